The molecule has 1 heterocycles. The molecule has 2 rings (SSSR count). The van der Waals surface area contributed by atoms with Crippen molar-refractivity contribution < 1.29 is 19.9 Å². The van der Waals surface area contributed by atoms with E-state index >= 15 is 0 Å². The lowest BCUT2D eigenvalue weighted by Crippen LogP contribution is -2.55. The first-order chi connectivity index (χ1) is 11.2. The summed E-state index contributed by atoms with van der Waals surface area (Å²) >= 11 is 0. The van der Waals surface area contributed by atoms with E-state index in [1.807, 2.05) is 0 Å². The topological polar surface area (TPSA) is 153 Å². The molecule has 9 nitrogen and oxygen atoms in total. The van der Waals surface area contributed by atoms with Gasteiger partial charge in [0.15, 0.2) is 0 Å². The van der Waals surface area contributed by atoms with Gasteiger partial charge in [-0.2, -0.15) is 0 Å². The lowest BCUT2D eigenvalue weighted by atomic mass is 9.78. The second-order valence-corrected chi connectivity index (χ2v) is 6.25. The number of carboxylic acid groups (broad SMARTS) is 1. The van der Waals surface area contributed by atoms with Gasteiger partial charge in [-0.3, -0.25) is 14.4 Å². The maximum Gasteiger partial charge on any atom is 0.451 e. The van der Waals surface area contributed by atoms with Crippen LogP contribution in [0, 0.1) is 5.92 Å². The predicted octanol–water partition coefficient (Wildman–Crippen LogP) is -1.81. The molecule has 0 aromatic heterocycles. The number of carbonyl (C=O) groups is 1. The van der Waals surface area contributed by atoms with Crippen molar-refractivity contribution in [1.82, 2.24) is 0 Å². The second-order valence-electron chi connectivity index (χ2n) is 6.25. The maximum absolute atomic E-state index is 11.9. The van der Waals surface area contributed by atoms with Crippen LogP contribution < -0.4 is 26.8 Å². The molecule has 10 heteroatoms. The van der Waals surface area contributed by atoms with E-state index in [9.17, 15) is 19.5 Å². The molecule has 24 heavy (non-hydrogen) atoms. The number of nitrogens with two attached hydrogens (primary N) is 1. The first kappa shape index (κ1) is 18.4. The van der Waals surface area contributed by atoms with Crippen LogP contribution in [0.1, 0.15) is 19.8 Å². The monoisotopic (exact) mass is 339 g/mol. The van der Waals surface area contributed by atoms with Gasteiger partial charge in [-0.05, 0) is 19.7 Å². The van der Waals surface area contributed by atoms with E-state index in [2.05, 4.69) is 5.32 Å². The van der Waals surface area contributed by atoms with Crippen molar-refractivity contribution in [2.75, 3.05) is 29.9 Å². The van der Waals surface area contributed by atoms with Gasteiger partial charge in [-0.15, -0.1) is 0 Å². The molecule has 1 saturated heterocycles. The minimum absolute atomic E-state index is 0.0715. The summed E-state index contributed by atoms with van der Waals surface area (Å²) in [4.78, 5) is 36.7. The van der Waals surface area contributed by atoms with Crippen molar-refractivity contribution in [1.29, 1.82) is 0 Å². The van der Waals surface area contributed by atoms with Gasteiger partial charge in [0.2, 0.25) is 0 Å². The molecule has 0 aliphatic carbocycles. The largest absolute Gasteiger partial charge is 0.480 e. The van der Waals surface area contributed by atoms with Crippen LogP contribution in [0.3, 0.4) is 0 Å². The van der Waals surface area contributed by atoms with E-state index in [1.165, 1.54) is 0 Å². The van der Waals surface area contributed by atoms with Crippen molar-refractivity contribution in [3.05, 3.63) is 20.4 Å². The highest BCUT2D eigenvalue weighted by Crippen LogP contribution is 2.34. The van der Waals surface area contributed by atoms with E-state index in [0.29, 0.717) is 19.4 Å². The molecule has 1 aromatic carbocycles. The smallest absolute Gasteiger partial charge is 0.451 e. The average molecular weight is 339 g/mol. The normalized spacial score (nSPS) is 23.7. The highest BCUT2D eigenvalue weighted by molar-refractivity contribution is 6.40. The summed E-state index contributed by atoms with van der Waals surface area (Å²) in [5.74, 6) is -1.64. The van der Waals surface area contributed by atoms with Crippen LogP contribution in [0.15, 0.2) is 9.59 Å². The number of aliphatic carboxylic acids is 1. The Hall–Kier alpha value is -1.91. The van der Waals surface area contributed by atoms with E-state index in [4.69, 9.17) is 15.8 Å². The fraction of sp³-hybridized carbons (Fsp3) is 0.643. The van der Waals surface area contributed by atoms with Crippen LogP contribution in [0.4, 0.5) is 11.4 Å². The zero-order valence-electron chi connectivity index (χ0n) is 13.5. The second kappa shape index (κ2) is 6.92. The van der Waals surface area contributed by atoms with Gasteiger partial charge in [0.25, 0.3) is 10.9 Å². The molecule has 0 spiro atoms. The third kappa shape index (κ3) is 3.17. The average Bonchev–Trinajstić information content (AvgIpc) is 2.84. The minimum Gasteiger partial charge on any atom is -0.480 e. The summed E-state index contributed by atoms with van der Waals surface area (Å²) < 4.78 is 0. The fourth-order valence-corrected chi connectivity index (χ4v) is 3.27. The highest BCUT2D eigenvalue weighted by Gasteiger charge is 2.50. The molecule has 132 valence electrons. The Balaban J connectivity index is 2.20. The predicted molar refractivity (Wildman–Crippen MR) is 90.0 cm³/mol. The summed E-state index contributed by atoms with van der Waals surface area (Å²) in [6.07, 6.45) is 0.895. The molecule has 0 amide bonds. The maximum atomic E-state index is 11.9. The van der Waals surface area contributed by atoms with Crippen LogP contribution in [-0.4, -0.2) is 53.4 Å². The van der Waals surface area contributed by atoms with Gasteiger partial charge in [0.05, 0.1) is 0 Å². The van der Waals surface area contributed by atoms with Gasteiger partial charge >= 0.3 is 13.1 Å². The van der Waals surface area contributed by atoms with E-state index < -0.39 is 35.4 Å². The number of nitrogens with one attached hydrogen (secondary N) is 1. The van der Waals surface area contributed by atoms with Crippen molar-refractivity contribution >= 4 is 24.5 Å². The highest BCUT2D eigenvalue weighted by atomic mass is 16.4. The zero-order valence-corrected chi connectivity index (χ0v) is 13.5. The molecule has 0 radical (unpaired) electrons. The Bertz CT molecular complexity index is 686. The summed E-state index contributed by atoms with van der Waals surface area (Å²) in [5, 5.41) is 30.1. The summed E-state index contributed by atoms with van der Waals surface area (Å²) in [7, 11) is -1.45. The first-order valence-electron chi connectivity index (χ1n) is 7.92. The Labute approximate surface area is 138 Å². The summed E-state index contributed by atoms with van der Waals surface area (Å²) in [6.45, 7) is 2.42. The SMILES string of the molecule is CCNc1c(N2C[C@H](CCCB(O)O)[C@](N)(C(=O)O)C2)c(=O)c1=O. The van der Waals surface area contributed by atoms with Crippen LogP contribution in [-0.2, 0) is 4.79 Å². The van der Waals surface area contributed by atoms with Gasteiger partial charge < -0.3 is 31.1 Å². The van der Waals surface area contributed by atoms with Crippen LogP contribution in [0.5, 0.6) is 0 Å². The van der Waals surface area contributed by atoms with Crippen molar-refractivity contribution in [2.45, 2.75) is 31.6 Å². The molecule has 1 fully saturated rings. The van der Waals surface area contributed by atoms with Crippen molar-refractivity contribution in [3.63, 3.8) is 0 Å². The quantitative estimate of drug-likeness (QED) is 0.272. The number of nitrogens with zero attached hydrogens (tertiary/aromatic N) is 1. The van der Waals surface area contributed by atoms with Crippen molar-refractivity contribution in [3.8, 4) is 0 Å². The third-order valence-corrected chi connectivity index (χ3v) is 4.59. The van der Waals surface area contributed by atoms with Gasteiger partial charge in [-0.1, -0.05) is 6.42 Å². The third-order valence-electron chi connectivity index (χ3n) is 4.59. The lowest BCUT2D eigenvalue weighted by Gasteiger charge is -2.25. The Morgan fingerprint density at radius 1 is 1.42 bits per heavy atom. The van der Waals surface area contributed by atoms with Gasteiger partial charge in [0.1, 0.15) is 16.9 Å². The van der Waals surface area contributed by atoms with E-state index in [1.54, 1.807) is 11.8 Å². The lowest BCUT2D eigenvalue weighted by molar-refractivity contribution is -0.144. The molecule has 0 saturated carbocycles. The molecular formula is C14H22BN3O6. The number of carboxylic acids is 1. The zero-order chi connectivity index (χ0) is 18.1. The number of hydrogen-bond acceptors (Lipinski definition) is 8. The Morgan fingerprint density at radius 2 is 2.08 bits per heavy atom. The molecule has 1 aliphatic heterocycles. The van der Waals surface area contributed by atoms with Crippen molar-refractivity contribution in [2.24, 2.45) is 11.7 Å². The summed E-state index contributed by atoms with van der Waals surface area (Å²) in [6, 6.07) is 0. The Kier molecular flexibility index (Phi) is 5.31. The van der Waals surface area contributed by atoms with Crippen LogP contribution in [0.2, 0.25) is 6.32 Å². The van der Waals surface area contributed by atoms with Gasteiger partial charge in [0, 0.05) is 25.6 Å². The molecule has 1 aromatic rings. The summed E-state index contributed by atoms with van der Waals surface area (Å²) in [5.41, 5.74) is 3.68. The molecule has 2 atom stereocenters. The standard InChI is InChI=1S/C14H22BN3O6/c1-2-17-9-10(12(20)11(9)19)18-6-8(4-3-5-15(23)24)14(16,7-18)13(21)22/h8,17,23-24H,2-7,16H2,1H3,(H,21,22)/t8-,14-/m0/s1. The fourth-order valence-electron chi connectivity index (χ4n) is 3.27. The van der Waals surface area contributed by atoms with Crippen LogP contribution >= 0.6 is 0 Å². The molecule has 1 aliphatic rings. The van der Waals surface area contributed by atoms with E-state index in [0.717, 1.165) is 0 Å². The first-order valence-corrected chi connectivity index (χ1v) is 7.92. The molecule has 0 bridgehead atoms. The van der Waals surface area contributed by atoms with E-state index in [-0.39, 0.29) is 30.8 Å². The van der Waals surface area contributed by atoms with Gasteiger partial charge in [-0.25, -0.2) is 0 Å². The molecule has 0 unspecified atom stereocenters. The molecular weight excluding hydrogens is 317 g/mol. The molecule has 6 N–H and O–H groups in total. The minimum atomic E-state index is -1.55. The Morgan fingerprint density at radius 3 is 2.62 bits per heavy atom. The van der Waals surface area contributed by atoms with Crippen LogP contribution in [0.25, 0.3) is 0 Å². The number of hydrogen-bond donors (Lipinski definition) is 5. The number of rotatable bonds is 8. The number of anilines is 2.